The predicted octanol–water partition coefficient (Wildman–Crippen LogP) is 3.26. The fraction of sp³-hybridized carbons (Fsp3) is 0.375. The lowest BCUT2D eigenvalue weighted by Gasteiger charge is -2.29. The van der Waals surface area contributed by atoms with E-state index in [-0.39, 0.29) is 17.9 Å². The summed E-state index contributed by atoms with van der Waals surface area (Å²) in [6, 6.07) is 10.6. The molecule has 7 nitrogen and oxygen atoms in total. The first-order valence-corrected chi connectivity index (χ1v) is 10.5. The minimum absolute atomic E-state index is 0.000501. The second-order valence-electron chi connectivity index (χ2n) is 8.39. The molecule has 3 atom stereocenters. The molecule has 2 heterocycles. The van der Waals surface area contributed by atoms with Crippen molar-refractivity contribution in [3.05, 3.63) is 58.7 Å². The Morgan fingerprint density at radius 1 is 1.19 bits per heavy atom. The number of esters is 1. The summed E-state index contributed by atoms with van der Waals surface area (Å²) in [6.45, 7) is 7.98. The van der Waals surface area contributed by atoms with Gasteiger partial charge in [-0.15, -0.1) is 0 Å². The Hall–Kier alpha value is -3.19. The van der Waals surface area contributed by atoms with Crippen molar-refractivity contribution in [3.8, 4) is 0 Å². The molecular weight excluding hydrogens is 394 g/mol. The highest BCUT2D eigenvalue weighted by molar-refractivity contribution is 6.11. The van der Waals surface area contributed by atoms with E-state index in [0.717, 1.165) is 22.4 Å². The third-order valence-electron chi connectivity index (χ3n) is 6.07. The molecular formula is C24H27N3O4. The third-order valence-corrected chi connectivity index (χ3v) is 6.07. The zero-order valence-corrected chi connectivity index (χ0v) is 18.2. The summed E-state index contributed by atoms with van der Waals surface area (Å²) >= 11 is 0. The van der Waals surface area contributed by atoms with E-state index >= 15 is 0 Å². The first kappa shape index (κ1) is 21.1. The van der Waals surface area contributed by atoms with Crippen LogP contribution in [0, 0.1) is 19.8 Å². The molecule has 0 aliphatic carbocycles. The highest BCUT2D eigenvalue weighted by Gasteiger charge is 2.59. The molecule has 1 fully saturated rings. The van der Waals surface area contributed by atoms with E-state index in [4.69, 9.17) is 4.74 Å². The van der Waals surface area contributed by atoms with E-state index in [1.165, 1.54) is 0 Å². The Morgan fingerprint density at radius 3 is 2.58 bits per heavy atom. The number of hydrogen-bond acceptors (Lipinski definition) is 5. The van der Waals surface area contributed by atoms with E-state index in [0.29, 0.717) is 24.3 Å². The first-order valence-electron chi connectivity index (χ1n) is 10.5. The second-order valence-corrected chi connectivity index (χ2v) is 8.39. The summed E-state index contributed by atoms with van der Waals surface area (Å²) in [5.41, 5.74) is 3.53. The van der Waals surface area contributed by atoms with Crippen LogP contribution >= 0.6 is 0 Å². The number of carbonyl (C=O) groups is 3. The van der Waals surface area contributed by atoms with E-state index in [1.54, 1.807) is 31.2 Å². The molecule has 0 radical (unpaired) electrons. The van der Waals surface area contributed by atoms with E-state index < -0.39 is 17.4 Å². The largest absolute Gasteiger partial charge is 0.462 e. The third kappa shape index (κ3) is 3.49. The summed E-state index contributed by atoms with van der Waals surface area (Å²) in [7, 11) is 0. The van der Waals surface area contributed by atoms with Crippen molar-refractivity contribution in [3.63, 3.8) is 0 Å². The topological polar surface area (TPSA) is 96.5 Å². The standard InChI is InChI=1S/C24H27N3O4/c1-5-31-22(29)16-6-8-17(9-7-16)25-21(28)19-12-15(4)27-24(19)18-11-13(2)10-14(3)20(18)26-23(24)30/h6-11,15,19,27H,5,12H2,1-4H3,(H,25,28)(H,26,30)/t15-,19+,24-/m0/s1. The van der Waals surface area contributed by atoms with Gasteiger partial charge in [0.1, 0.15) is 5.54 Å². The average molecular weight is 421 g/mol. The molecule has 0 saturated carbocycles. The van der Waals surface area contributed by atoms with Crippen LogP contribution in [-0.4, -0.2) is 30.4 Å². The Morgan fingerprint density at radius 2 is 1.90 bits per heavy atom. The van der Waals surface area contributed by atoms with Crippen molar-refractivity contribution >= 4 is 29.2 Å². The molecule has 2 aromatic carbocycles. The number of hydrogen-bond donors (Lipinski definition) is 3. The van der Waals surface area contributed by atoms with E-state index in [1.807, 2.05) is 32.9 Å². The lowest BCUT2D eigenvalue weighted by molar-refractivity contribution is -0.130. The normalized spacial score (nSPS) is 24.1. The smallest absolute Gasteiger partial charge is 0.338 e. The molecule has 7 heteroatoms. The summed E-state index contributed by atoms with van der Waals surface area (Å²) in [6.07, 6.45) is 0.534. The van der Waals surface area contributed by atoms with E-state index in [9.17, 15) is 14.4 Å². The maximum atomic E-state index is 13.3. The van der Waals surface area contributed by atoms with Crippen LogP contribution in [-0.2, 0) is 19.9 Å². The monoisotopic (exact) mass is 421 g/mol. The number of carbonyl (C=O) groups excluding carboxylic acids is 3. The maximum Gasteiger partial charge on any atom is 0.338 e. The lowest BCUT2D eigenvalue weighted by Crippen LogP contribution is -2.52. The van der Waals surface area contributed by atoms with Gasteiger partial charge in [0.2, 0.25) is 11.8 Å². The summed E-state index contributed by atoms with van der Waals surface area (Å²) in [5.74, 6) is -1.41. The Labute approximate surface area is 181 Å². The zero-order chi connectivity index (χ0) is 22.3. The maximum absolute atomic E-state index is 13.3. The van der Waals surface area contributed by atoms with Gasteiger partial charge in [-0.25, -0.2) is 4.79 Å². The molecule has 0 unspecified atom stereocenters. The molecule has 3 N–H and O–H groups in total. The number of aryl methyl sites for hydroxylation is 2. The predicted molar refractivity (Wildman–Crippen MR) is 118 cm³/mol. The number of nitrogens with one attached hydrogen (secondary N) is 3. The van der Waals surface area contributed by atoms with Gasteiger partial charge in [-0.2, -0.15) is 0 Å². The molecule has 31 heavy (non-hydrogen) atoms. The highest BCUT2D eigenvalue weighted by Crippen LogP contribution is 2.48. The molecule has 2 aromatic rings. The van der Waals surface area contributed by atoms with Crippen LogP contribution in [0.1, 0.15) is 47.3 Å². The minimum atomic E-state index is -1.10. The van der Waals surface area contributed by atoms with Crippen LogP contribution in [0.4, 0.5) is 11.4 Å². The molecule has 0 aromatic heterocycles. The van der Waals surface area contributed by atoms with Crippen LogP contribution in [0.3, 0.4) is 0 Å². The summed E-state index contributed by atoms with van der Waals surface area (Å²) in [4.78, 5) is 38.4. The number of benzene rings is 2. The SMILES string of the molecule is CCOC(=O)c1ccc(NC(=O)[C@H]2C[C@H](C)N[C@]23C(=O)Nc2c(C)cc(C)cc23)cc1. The van der Waals surface area contributed by atoms with Crippen LogP contribution in [0.2, 0.25) is 0 Å². The Balaban J connectivity index is 1.63. The van der Waals surface area contributed by atoms with Crippen LogP contribution in [0.15, 0.2) is 36.4 Å². The molecule has 0 bridgehead atoms. The highest BCUT2D eigenvalue weighted by atomic mass is 16.5. The van der Waals surface area contributed by atoms with Gasteiger partial charge in [-0.1, -0.05) is 17.7 Å². The van der Waals surface area contributed by atoms with Crippen molar-refractivity contribution in [1.29, 1.82) is 0 Å². The van der Waals surface area contributed by atoms with Crippen LogP contribution in [0.25, 0.3) is 0 Å². The second kappa shape index (κ2) is 7.81. The van der Waals surface area contributed by atoms with Crippen molar-refractivity contribution in [1.82, 2.24) is 5.32 Å². The zero-order valence-electron chi connectivity index (χ0n) is 18.2. The summed E-state index contributed by atoms with van der Waals surface area (Å²) < 4.78 is 4.99. The van der Waals surface area contributed by atoms with Gasteiger partial charge >= 0.3 is 5.97 Å². The van der Waals surface area contributed by atoms with Gasteiger partial charge in [-0.05, 0) is 63.9 Å². The molecule has 1 saturated heterocycles. The molecule has 2 aliphatic rings. The molecule has 4 rings (SSSR count). The van der Waals surface area contributed by atoms with E-state index in [2.05, 4.69) is 16.0 Å². The fourth-order valence-electron chi connectivity index (χ4n) is 4.78. The van der Waals surface area contributed by atoms with Gasteiger partial charge in [0.15, 0.2) is 0 Å². The number of rotatable bonds is 4. The molecule has 2 aliphatic heterocycles. The van der Waals surface area contributed by atoms with Crippen molar-refractivity contribution in [2.24, 2.45) is 5.92 Å². The Bertz CT molecular complexity index is 1060. The van der Waals surface area contributed by atoms with Crippen molar-refractivity contribution in [2.75, 3.05) is 17.2 Å². The Kier molecular flexibility index (Phi) is 5.31. The fourth-order valence-corrected chi connectivity index (χ4v) is 4.78. The van der Waals surface area contributed by atoms with Gasteiger partial charge < -0.3 is 15.4 Å². The molecule has 1 spiro atoms. The van der Waals surface area contributed by atoms with Gasteiger partial charge in [-0.3, -0.25) is 14.9 Å². The lowest BCUT2D eigenvalue weighted by atomic mass is 9.78. The first-order chi connectivity index (χ1) is 14.8. The van der Waals surface area contributed by atoms with Gasteiger partial charge in [0, 0.05) is 23.0 Å². The van der Waals surface area contributed by atoms with Crippen LogP contribution in [0.5, 0.6) is 0 Å². The van der Waals surface area contributed by atoms with Gasteiger partial charge in [0.05, 0.1) is 18.1 Å². The molecule has 162 valence electrons. The number of fused-ring (bicyclic) bond motifs is 2. The number of ether oxygens (including phenoxy) is 1. The van der Waals surface area contributed by atoms with Crippen LogP contribution < -0.4 is 16.0 Å². The summed E-state index contributed by atoms with van der Waals surface area (Å²) in [5, 5.41) is 9.33. The van der Waals surface area contributed by atoms with Gasteiger partial charge in [0.25, 0.3) is 0 Å². The average Bonchev–Trinajstić information content (AvgIpc) is 3.21. The minimum Gasteiger partial charge on any atom is -0.462 e. The van der Waals surface area contributed by atoms with Crippen molar-refractivity contribution in [2.45, 2.75) is 45.7 Å². The molecule has 2 amide bonds. The number of anilines is 2. The quantitative estimate of drug-likeness (QED) is 0.659. The number of amides is 2. The van der Waals surface area contributed by atoms with Crippen molar-refractivity contribution < 1.29 is 19.1 Å².